The van der Waals surface area contributed by atoms with Crippen LogP contribution in [0.3, 0.4) is 0 Å². The molecular formula is C19H18FN3O2. The Morgan fingerprint density at radius 3 is 2.72 bits per heavy atom. The van der Waals surface area contributed by atoms with Gasteiger partial charge in [0.15, 0.2) is 0 Å². The molecule has 0 aliphatic carbocycles. The third-order valence-electron chi connectivity index (χ3n) is 3.76. The standard InChI is InChI=1S/C19H18FN3O2/c20-18-11-16(25-10-4-7-15-12-21-13-22-15)8-9-17(18)19(23-24)14-5-2-1-3-6-14/h1-3,5-6,8-9,11-13,24H,4,7,10H2,(H,21,22)/b23-19+. The summed E-state index contributed by atoms with van der Waals surface area (Å²) >= 11 is 0. The topological polar surface area (TPSA) is 70.5 Å². The average Bonchev–Trinajstić information content (AvgIpc) is 3.15. The number of H-pyrrole nitrogens is 1. The van der Waals surface area contributed by atoms with Crippen molar-refractivity contribution in [2.75, 3.05) is 6.61 Å². The van der Waals surface area contributed by atoms with E-state index in [2.05, 4.69) is 15.1 Å². The van der Waals surface area contributed by atoms with E-state index in [-0.39, 0.29) is 11.3 Å². The number of aryl methyl sites for hydroxylation is 1. The van der Waals surface area contributed by atoms with Crippen molar-refractivity contribution in [2.45, 2.75) is 12.8 Å². The minimum absolute atomic E-state index is 0.184. The van der Waals surface area contributed by atoms with Crippen molar-refractivity contribution in [3.8, 4) is 5.75 Å². The lowest BCUT2D eigenvalue weighted by Gasteiger charge is -2.09. The van der Waals surface area contributed by atoms with Crippen LogP contribution in [0.5, 0.6) is 5.75 Å². The molecule has 6 heteroatoms. The van der Waals surface area contributed by atoms with Gasteiger partial charge in [0.25, 0.3) is 0 Å². The zero-order chi connectivity index (χ0) is 17.5. The second kappa shape index (κ2) is 8.10. The van der Waals surface area contributed by atoms with Crippen LogP contribution in [0.25, 0.3) is 0 Å². The molecule has 25 heavy (non-hydrogen) atoms. The van der Waals surface area contributed by atoms with Crippen LogP contribution in [0, 0.1) is 5.82 Å². The molecule has 0 atom stereocenters. The summed E-state index contributed by atoms with van der Waals surface area (Å²) in [7, 11) is 0. The van der Waals surface area contributed by atoms with Gasteiger partial charge in [0.1, 0.15) is 17.3 Å². The minimum Gasteiger partial charge on any atom is -0.493 e. The summed E-state index contributed by atoms with van der Waals surface area (Å²) in [5.41, 5.74) is 2.08. The first-order valence-electron chi connectivity index (χ1n) is 7.95. The van der Waals surface area contributed by atoms with Gasteiger partial charge in [-0.25, -0.2) is 9.37 Å². The third kappa shape index (κ3) is 4.23. The molecule has 1 aromatic heterocycles. The fourth-order valence-corrected chi connectivity index (χ4v) is 2.51. The number of imidazole rings is 1. The Hall–Kier alpha value is -3.15. The smallest absolute Gasteiger partial charge is 0.136 e. The molecule has 0 radical (unpaired) electrons. The fourth-order valence-electron chi connectivity index (χ4n) is 2.51. The number of oxime groups is 1. The number of aromatic amines is 1. The number of halogens is 1. The average molecular weight is 339 g/mol. The summed E-state index contributed by atoms with van der Waals surface area (Å²) < 4.78 is 20.0. The van der Waals surface area contributed by atoms with Gasteiger partial charge in [-0.15, -0.1) is 0 Å². The summed E-state index contributed by atoms with van der Waals surface area (Å²) in [5.74, 6) is -0.0565. The SMILES string of the molecule is O/N=C(\c1ccccc1)c1ccc(OCCCc2cnc[nH]2)cc1F. The van der Waals surface area contributed by atoms with Crippen molar-refractivity contribution >= 4 is 5.71 Å². The summed E-state index contributed by atoms with van der Waals surface area (Å²) in [4.78, 5) is 6.98. The van der Waals surface area contributed by atoms with Gasteiger partial charge in [-0.1, -0.05) is 35.5 Å². The van der Waals surface area contributed by atoms with Crippen LogP contribution < -0.4 is 4.74 Å². The van der Waals surface area contributed by atoms with E-state index in [1.165, 1.54) is 6.07 Å². The Bertz CT molecular complexity index is 833. The van der Waals surface area contributed by atoms with Crippen LogP contribution in [0.1, 0.15) is 23.2 Å². The molecule has 128 valence electrons. The molecule has 3 rings (SSSR count). The number of ether oxygens (including phenoxy) is 1. The first-order chi connectivity index (χ1) is 12.3. The third-order valence-corrected chi connectivity index (χ3v) is 3.76. The molecule has 0 aliphatic heterocycles. The van der Waals surface area contributed by atoms with E-state index in [9.17, 15) is 9.60 Å². The summed E-state index contributed by atoms with van der Waals surface area (Å²) in [5, 5.41) is 12.5. The van der Waals surface area contributed by atoms with Gasteiger partial charge in [0, 0.05) is 29.1 Å². The predicted molar refractivity (Wildman–Crippen MR) is 92.7 cm³/mol. The van der Waals surface area contributed by atoms with Gasteiger partial charge in [-0.3, -0.25) is 0 Å². The lowest BCUT2D eigenvalue weighted by atomic mass is 10.0. The molecule has 2 N–H and O–H groups in total. The molecular weight excluding hydrogens is 321 g/mol. The predicted octanol–water partition coefficient (Wildman–Crippen LogP) is 3.79. The van der Waals surface area contributed by atoms with Crippen LogP contribution in [-0.2, 0) is 6.42 Å². The number of rotatable bonds is 7. The van der Waals surface area contributed by atoms with Crippen molar-refractivity contribution in [1.29, 1.82) is 0 Å². The maximum absolute atomic E-state index is 14.4. The van der Waals surface area contributed by atoms with Crippen LogP contribution >= 0.6 is 0 Å². The summed E-state index contributed by atoms with van der Waals surface area (Å²) in [6.07, 6.45) is 5.01. The highest BCUT2D eigenvalue weighted by Gasteiger charge is 2.13. The molecule has 0 saturated heterocycles. The van der Waals surface area contributed by atoms with Crippen molar-refractivity contribution in [2.24, 2.45) is 5.16 Å². The van der Waals surface area contributed by atoms with Crippen molar-refractivity contribution < 1.29 is 14.3 Å². The molecule has 2 aromatic carbocycles. The maximum Gasteiger partial charge on any atom is 0.136 e. The zero-order valence-electron chi connectivity index (χ0n) is 13.5. The van der Waals surface area contributed by atoms with E-state index in [4.69, 9.17) is 4.74 Å². The number of nitrogens with one attached hydrogen (secondary N) is 1. The van der Waals surface area contributed by atoms with Gasteiger partial charge < -0.3 is 14.9 Å². The van der Waals surface area contributed by atoms with Crippen LogP contribution in [0.2, 0.25) is 0 Å². The molecule has 5 nitrogen and oxygen atoms in total. The normalized spacial score (nSPS) is 11.5. The second-order valence-electron chi connectivity index (χ2n) is 5.49. The highest BCUT2D eigenvalue weighted by Crippen LogP contribution is 2.20. The molecule has 0 unspecified atom stereocenters. The van der Waals surface area contributed by atoms with Crippen LogP contribution in [0.4, 0.5) is 4.39 Å². The van der Waals surface area contributed by atoms with Crippen molar-refractivity contribution in [1.82, 2.24) is 9.97 Å². The minimum atomic E-state index is -0.497. The van der Waals surface area contributed by atoms with Crippen molar-refractivity contribution in [3.05, 3.63) is 83.7 Å². The molecule has 3 aromatic rings. The fraction of sp³-hybridized carbons (Fsp3) is 0.158. The van der Waals surface area contributed by atoms with E-state index in [1.54, 1.807) is 48.9 Å². The first-order valence-corrected chi connectivity index (χ1v) is 7.95. The van der Waals surface area contributed by atoms with Gasteiger partial charge >= 0.3 is 0 Å². The number of hydrogen-bond donors (Lipinski definition) is 2. The van der Waals surface area contributed by atoms with Crippen LogP contribution in [-0.4, -0.2) is 27.5 Å². The Morgan fingerprint density at radius 1 is 1.20 bits per heavy atom. The quantitative estimate of drug-likeness (QED) is 0.298. The zero-order valence-corrected chi connectivity index (χ0v) is 13.5. The lowest BCUT2D eigenvalue weighted by molar-refractivity contribution is 0.308. The molecule has 0 amide bonds. The molecule has 1 heterocycles. The Balaban J connectivity index is 1.64. The first kappa shape index (κ1) is 16.7. The number of aromatic nitrogens is 2. The van der Waals surface area contributed by atoms with Gasteiger partial charge in [-0.2, -0.15) is 0 Å². The molecule has 0 fully saturated rings. The Morgan fingerprint density at radius 2 is 2.04 bits per heavy atom. The van der Waals surface area contributed by atoms with E-state index >= 15 is 0 Å². The largest absolute Gasteiger partial charge is 0.493 e. The van der Waals surface area contributed by atoms with E-state index in [0.717, 1.165) is 18.5 Å². The monoisotopic (exact) mass is 339 g/mol. The highest BCUT2D eigenvalue weighted by molar-refractivity contribution is 6.12. The van der Waals surface area contributed by atoms with E-state index in [0.29, 0.717) is 17.9 Å². The molecule has 0 spiro atoms. The maximum atomic E-state index is 14.4. The Labute approximate surface area is 144 Å². The number of benzene rings is 2. The summed E-state index contributed by atoms with van der Waals surface area (Å²) in [6.45, 7) is 0.470. The van der Waals surface area contributed by atoms with Crippen molar-refractivity contribution in [3.63, 3.8) is 0 Å². The molecule has 0 aliphatic rings. The lowest BCUT2D eigenvalue weighted by Crippen LogP contribution is -2.07. The molecule has 0 saturated carbocycles. The second-order valence-corrected chi connectivity index (χ2v) is 5.49. The number of hydrogen-bond acceptors (Lipinski definition) is 4. The van der Waals surface area contributed by atoms with E-state index in [1.807, 2.05) is 6.07 Å². The van der Waals surface area contributed by atoms with E-state index < -0.39 is 5.82 Å². The van der Waals surface area contributed by atoms with Gasteiger partial charge in [0.2, 0.25) is 0 Å². The molecule has 0 bridgehead atoms. The Kier molecular flexibility index (Phi) is 5.41. The summed E-state index contributed by atoms with van der Waals surface area (Å²) in [6, 6.07) is 13.5. The van der Waals surface area contributed by atoms with Gasteiger partial charge in [0.05, 0.1) is 12.9 Å². The van der Waals surface area contributed by atoms with Crippen LogP contribution in [0.15, 0.2) is 66.2 Å². The van der Waals surface area contributed by atoms with Gasteiger partial charge in [-0.05, 0) is 25.0 Å². The number of nitrogens with zero attached hydrogens (tertiary/aromatic N) is 2. The highest BCUT2D eigenvalue weighted by atomic mass is 19.1.